The van der Waals surface area contributed by atoms with E-state index in [1.54, 1.807) is 46.4 Å². The van der Waals surface area contributed by atoms with E-state index in [9.17, 15) is 11.8 Å². The molecule has 17 aromatic rings. The second kappa shape index (κ2) is 15.4. The third-order valence-corrected chi connectivity index (χ3v) is 19.2. The average Bonchev–Trinajstić information content (AvgIpc) is 4.41. The summed E-state index contributed by atoms with van der Waals surface area (Å²) < 4.78 is 18.7. The Kier molecular flexibility index (Phi) is 8.48. The summed E-state index contributed by atoms with van der Waals surface area (Å²) in [7, 11) is 0. The topological polar surface area (TPSA) is 76.9 Å². The van der Waals surface area contributed by atoms with Crippen LogP contribution >= 0.6 is 34.0 Å². The van der Waals surface area contributed by atoms with Crippen molar-refractivity contribution in [3.8, 4) is 39.7 Å². The van der Waals surface area contributed by atoms with Crippen molar-refractivity contribution in [2.75, 3.05) is 0 Å². The summed E-state index contributed by atoms with van der Waals surface area (Å²) in [6.45, 7) is 9.63. The van der Waals surface area contributed by atoms with Crippen LogP contribution in [0.1, 0.15) is 5.56 Å². The molecule has 0 spiro atoms. The molecular formula is C66H32N6OS3. The van der Waals surface area contributed by atoms with Crippen LogP contribution in [0.25, 0.3) is 165 Å². The lowest BCUT2D eigenvalue weighted by Crippen LogP contribution is -2.09. The van der Waals surface area contributed by atoms with E-state index in [1.165, 1.54) is 20.2 Å². The highest BCUT2D eigenvalue weighted by Gasteiger charge is 2.34. The molecule has 0 radical (unpaired) electrons. The number of rotatable bonds is 4. The Morgan fingerprint density at radius 2 is 0.829 bits per heavy atom. The number of furan rings is 1. The van der Waals surface area contributed by atoms with Gasteiger partial charge in [0.1, 0.15) is 11.7 Å². The molecule has 8 aromatic heterocycles. The van der Waals surface area contributed by atoms with E-state index in [2.05, 4.69) is 163 Å². The lowest BCUT2D eigenvalue weighted by Gasteiger charge is -2.26. The predicted octanol–water partition coefficient (Wildman–Crippen LogP) is 19.4. The van der Waals surface area contributed by atoms with Crippen LogP contribution in [0.15, 0.2) is 199 Å². The highest BCUT2D eigenvalue weighted by atomic mass is 32.1. The Morgan fingerprint density at radius 3 is 1.32 bits per heavy atom. The fraction of sp³-hybridized carbons (Fsp3) is 0. The number of benzene rings is 9. The number of nitriles is 1. The molecule has 8 heterocycles. The molecule has 76 heavy (non-hydrogen) atoms. The standard InChI is InChI=1S/C66H32N6OS3/c1-68-56-54(35-26-30-69-31-27-35)49(34-67)57(71-58-41(18-22-45-37-10-2-6-14-50(37)73-63(45)58)42-19-23-46-38-11-3-7-15-51(38)74-64(46)59(42)71)55(36-28-32-70-33-29-36)62(56)72-60-43(20-24-47-39-12-4-8-16-52(39)75-65(47)60)44-21-25-48-40-13-5-9-17-53(40)76-66(48)61(44)72/h2-33H. The number of fused-ring (bicyclic) bond motifs is 22. The zero-order valence-electron chi connectivity index (χ0n) is 39.8. The predicted molar refractivity (Wildman–Crippen MR) is 319 cm³/mol. The van der Waals surface area contributed by atoms with E-state index in [1.807, 2.05) is 48.8 Å². The van der Waals surface area contributed by atoms with Crippen LogP contribution in [-0.4, -0.2) is 19.1 Å². The minimum atomic E-state index is 0.356. The first kappa shape index (κ1) is 41.8. The van der Waals surface area contributed by atoms with E-state index in [4.69, 9.17) is 4.42 Å². The fourth-order valence-electron chi connectivity index (χ4n) is 12.5. The largest absolute Gasteiger partial charge is 0.454 e. The molecule has 0 bridgehead atoms. The van der Waals surface area contributed by atoms with Crippen LogP contribution < -0.4 is 0 Å². The molecule has 0 saturated carbocycles. The number of thiophene rings is 3. The Hall–Kier alpha value is -9.68. The molecule has 9 aromatic carbocycles. The summed E-state index contributed by atoms with van der Waals surface area (Å²) in [5, 5.41) is 25.4. The summed E-state index contributed by atoms with van der Waals surface area (Å²) in [5.74, 6) is 0. The maximum atomic E-state index is 12.3. The SMILES string of the molecule is [C-]#[N+]c1c(-c2ccncc2)c(C#N)c(-n2c3c(ccc4c5ccccc5oc43)c3ccc4c5ccccc5sc4c32)c(-c2ccncc2)c1-n1c2c(ccc3c4ccccc4sc32)c2ccc3c4ccccc4sc3c21. The molecule has 0 fully saturated rings. The van der Waals surface area contributed by atoms with Crippen LogP contribution in [0.2, 0.25) is 0 Å². The van der Waals surface area contributed by atoms with E-state index in [-0.39, 0.29) is 0 Å². The van der Waals surface area contributed by atoms with Gasteiger partial charge in [-0.1, -0.05) is 115 Å². The van der Waals surface area contributed by atoms with Gasteiger partial charge in [-0.2, -0.15) is 5.26 Å². The molecule has 10 heteroatoms. The first-order valence-corrected chi connectivity index (χ1v) is 27.3. The summed E-state index contributed by atoms with van der Waals surface area (Å²) in [5.41, 5.74) is 10.1. The average molecular weight is 1020 g/mol. The van der Waals surface area contributed by atoms with Crippen molar-refractivity contribution >= 4 is 166 Å². The molecular weight excluding hydrogens is 989 g/mol. The molecule has 0 amide bonds. The number of hydrogen-bond acceptors (Lipinski definition) is 7. The van der Waals surface area contributed by atoms with Crippen LogP contribution in [-0.2, 0) is 0 Å². The van der Waals surface area contributed by atoms with Gasteiger partial charge in [-0.05, 0) is 65.7 Å². The van der Waals surface area contributed by atoms with E-state index < -0.39 is 0 Å². The van der Waals surface area contributed by atoms with Gasteiger partial charge < -0.3 is 13.6 Å². The summed E-state index contributed by atoms with van der Waals surface area (Å²) in [4.78, 5) is 13.8. The van der Waals surface area contributed by atoms with Gasteiger partial charge >= 0.3 is 0 Å². The number of hydrogen-bond donors (Lipinski definition) is 0. The molecule has 0 unspecified atom stereocenters. The van der Waals surface area contributed by atoms with Gasteiger partial charge in [-0.25, -0.2) is 4.85 Å². The third kappa shape index (κ3) is 5.41. The Bertz CT molecular complexity index is 4950. The van der Waals surface area contributed by atoms with Crippen molar-refractivity contribution in [2.45, 2.75) is 0 Å². The molecule has 0 N–H and O–H groups in total. The van der Waals surface area contributed by atoms with Crippen molar-refractivity contribution < 1.29 is 4.42 Å². The van der Waals surface area contributed by atoms with Crippen LogP contribution in [0.4, 0.5) is 5.69 Å². The van der Waals surface area contributed by atoms with E-state index >= 15 is 0 Å². The van der Waals surface area contributed by atoms with Crippen molar-refractivity contribution in [3.05, 3.63) is 212 Å². The fourth-order valence-corrected chi connectivity index (χ4v) is 16.2. The highest BCUT2D eigenvalue weighted by Crippen LogP contribution is 2.56. The third-order valence-electron chi connectivity index (χ3n) is 15.6. The van der Waals surface area contributed by atoms with Gasteiger partial charge in [-0.15, -0.1) is 34.0 Å². The molecule has 0 saturated heterocycles. The summed E-state index contributed by atoms with van der Waals surface area (Å²) in [6, 6.07) is 62.8. The van der Waals surface area contributed by atoms with Gasteiger partial charge in [0, 0.05) is 115 Å². The second-order valence-electron chi connectivity index (χ2n) is 19.3. The molecule has 0 atom stereocenters. The molecule has 0 aliphatic heterocycles. The molecule has 0 aliphatic rings. The first-order chi connectivity index (χ1) is 37.7. The van der Waals surface area contributed by atoms with Gasteiger partial charge in [-0.3, -0.25) is 9.97 Å². The van der Waals surface area contributed by atoms with Gasteiger partial charge in [0.15, 0.2) is 5.58 Å². The second-order valence-corrected chi connectivity index (χ2v) is 22.4. The lowest BCUT2D eigenvalue weighted by atomic mass is 9.89. The first-order valence-electron chi connectivity index (χ1n) is 24.9. The van der Waals surface area contributed by atoms with Crippen molar-refractivity contribution in [2.24, 2.45) is 0 Å². The van der Waals surface area contributed by atoms with Crippen LogP contribution in [0, 0.1) is 17.9 Å². The zero-order valence-corrected chi connectivity index (χ0v) is 42.2. The van der Waals surface area contributed by atoms with Crippen LogP contribution in [0.3, 0.4) is 0 Å². The highest BCUT2D eigenvalue weighted by molar-refractivity contribution is 7.27. The molecule has 7 nitrogen and oxygen atoms in total. The van der Waals surface area contributed by atoms with Crippen molar-refractivity contribution in [1.82, 2.24) is 19.1 Å². The van der Waals surface area contributed by atoms with E-state index in [0.29, 0.717) is 39.3 Å². The van der Waals surface area contributed by atoms with Crippen molar-refractivity contribution in [3.63, 3.8) is 0 Å². The van der Waals surface area contributed by atoms with Gasteiger partial charge in [0.05, 0.1) is 59.7 Å². The van der Waals surface area contributed by atoms with Gasteiger partial charge in [0.25, 0.3) is 0 Å². The Labute approximate surface area is 443 Å². The number of para-hydroxylation sites is 1. The maximum absolute atomic E-state index is 12.3. The molecule has 0 aliphatic carbocycles. The smallest absolute Gasteiger partial charge is 0.220 e. The zero-order chi connectivity index (χ0) is 49.9. The summed E-state index contributed by atoms with van der Waals surface area (Å²) >= 11 is 5.32. The number of pyridine rings is 2. The van der Waals surface area contributed by atoms with Crippen LogP contribution in [0.5, 0.6) is 0 Å². The quantitative estimate of drug-likeness (QED) is 0.165. The Balaban J connectivity index is 1.20. The summed E-state index contributed by atoms with van der Waals surface area (Å²) in [6.07, 6.45) is 7.14. The lowest BCUT2D eigenvalue weighted by molar-refractivity contribution is 0.671. The molecule has 350 valence electrons. The minimum Gasteiger partial charge on any atom is -0.454 e. The van der Waals surface area contributed by atoms with Crippen molar-refractivity contribution in [1.29, 1.82) is 5.26 Å². The monoisotopic (exact) mass is 1020 g/mol. The normalized spacial score (nSPS) is 12.2. The number of nitrogens with zero attached hydrogens (tertiary/aromatic N) is 6. The van der Waals surface area contributed by atoms with E-state index in [0.717, 1.165) is 111 Å². The maximum Gasteiger partial charge on any atom is 0.220 e. The minimum absolute atomic E-state index is 0.356. The molecule has 17 rings (SSSR count). The number of aromatic nitrogens is 4. The Morgan fingerprint density at radius 1 is 0.421 bits per heavy atom. The van der Waals surface area contributed by atoms with Gasteiger partial charge in [0.2, 0.25) is 5.69 Å².